The van der Waals surface area contributed by atoms with Crippen molar-refractivity contribution < 1.29 is 9.13 Å². The predicted octanol–water partition coefficient (Wildman–Crippen LogP) is 5.07. The molecule has 5 nitrogen and oxygen atoms in total. The predicted molar refractivity (Wildman–Crippen MR) is 113 cm³/mol. The summed E-state index contributed by atoms with van der Waals surface area (Å²) >= 11 is 5.35. The quantitative estimate of drug-likeness (QED) is 0.421. The first-order valence-corrected chi connectivity index (χ1v) is 9.53. The molecule has 7 heteroatoms. The lowest BCUT2D eigenvalue weighted by Gasteiger charge is -2.12. The molecule has 0 aliphatic rings. The molecule has 0 atom stereocenters. The minimum Gasteiger partial charge on any atom is -0.489 e. The topological polar surface area (TPSA) is 54.9 Å². The van der Waals surface area contributed by atoms with Crippen LogP contribution in [0.15, 0.2) is 78.9 Å². The van der Waals surface area contributed by atoms with E-state index in [2.05, 4.69) is 15.6 Å². The Morgan fingerprint density at radius 2 is 1.76 bits per heavy atom. The Balaban J connectivity index is 1.43. The normalized spacial score (nSPS) is 10.7. The van der Waals surface area contributed by atoms with Crippen LogP contribution >= 0.6 is 12.2 Å². The first kappa shape index (κ1) is 18.9. The molecule has 2 N–H and O–H groups in total. The van der Waals surface area contributed by atoms with Gasteiger partial charge in [-0.2, -0.15) is 5.10 Å². The van der Waals surface area contributed by atoms with E-state index in [4.69, 9.17) is 17.0 Å². The van der Waals surface area contributed by atoms with E-state index in [1.54, 1.807) is 16.8 Å². The molecule has 3 aromatic carbocycles. The number of aromatic amines is 1. The molecular weight excluding hydrogens is 387 g/mol. The summed E-state index contributed by atoms with van der Waals surface area (Å²) in [4.78, 5) is 0. The van der Waals surface area contributed by atoms with Gasteiger partial charge in [0.05, 0.1) is 6.54 Å². The monoisotopic (exact) mass is 406 g/mol. The van der Waals surface area contributed by atoms with Gasteiger partial charge < -0.3 is 10.2 Å². The third-order valence-corrected chi connectivity index (χ3v) is 4.64. The summed E-state index contributed by atoms with van der Waals surface area (Å²) in [5, 5.41) is 7.14. The van der Waals surface area contributed by atoms with Gasteiger partial charge in [0.1, 0.15) is 18.2 Å². The maximum atomic E-state index is 13.0. The van der Waals surface area contributed by atoms with E-state index in [9.17, 15) is 4.39 Å². The van der Waals surface area contributed by atoms with Crippen molar-refractivity contribution in [3.63, 3.8) is 0 Å². The molecule has 0 radical (unpaired) electrons. The summed E-state index contributed by atoms with van der Waals surface area (Å²) < 4.78 is 21.1. The zero-order chi connectivity index (χ0) is 20.1. The van der Waals surface area contributed by atoms with E-state index in [1.165, 1.54) is 12.1 Å². The Kier molecular flexibility index (Phi) is 5.67. The van der Waals surface area contributed by atoms with Crippen LogP contribution in [-0.2, 0) is 13.2 Å². The highest BCUT2D eigenvalue weighted by molar-refractivity contribution is 7.71. The van der Waals surface area contributed by atoms with E-state index in [-0.39, 0.29) is 5.82 Å². The smallest absolute Gasteiger partial charge is 0.214 e. The molecule has 0 fully saturated rings. The fourth-order valence-electron chi connectivity index (χ4n) is 2.89. The van der Waals surface area contributed by atoms with Crippen molar-refractivity contribution in [1.82, 2.24) is 14.9 Å². The van der Waals surface area contributed by atoms with Gasteiger partial charge in [0.2, 0.25) is 4.77 Å². The second-order valence-corrected chi connectivity index (χ2v) is 6.84. The third kappa shape index (κ3) is 4.70. The summed E-state index contributed by atoms with van der Waals surface area (Å²) in [6, 6.07) is 23.9. The molecule has 29 heavy (non-hydrogen) atoms. The van der Waals surface area contributed by atoms with Gasteiger partial charge in [0.25, 0.3) is 0 Å². The van der Waals surface area contributed by atoms with Gasteiger partial charge in [-0.15, -0.1) is 0 Å². The number of rotatable bonds is 7. The molecule has 1 heterocycles. The lowest BCUT2D eigenvalue weighted by molar-refractivity contribution is 0.306. The highest BCUT2D eigenvalue weighted by Gasteiger charge is 2.08. The lowest BCUT2D eigenvalue weighted by atomic mass is 10.2. The number of nitrogens with one attached hydrogen (secondary N) is 2. The molecule has 4 rings (SSSR count). The van der Waals surface area contributed by atoms with Crippen LogP contribution in [0, 0.1) is 10.6 Å². The summed E-state index contributed by atoms with van der Waals surface area (Å²) in [7, 11) is 0. The Morgan fingerprint density at radius 1 is 0.966 bits per heavy atom. The largest absolute Gasteiger partial charge is 0.489 e. The fourth-order valence-corrected chi connectivity index (χ4v) is 3.08. The number of H-pyrrole nitrogens is 1. The van der Waals surface area contributed by atoms with Gasteiger partial charge in [0.15, 0.2) is 5.82 Å². The second-order valence-electron chi connectivity index (χ2n) is 6.45. The zero-order valence-corrected chi connectivity index (χ0v) is 16.3. The first-order valence-electron chi connectivity index (χ1n) is 9.12. The summed E-state index contributed by atoms with van der Waals surface area (Å²) in [6.45, 7) is 0.920. The number of hydrogen-bond acceptors (Lipinski definition) is 4. The van der Waals surface area contributed by atoms with Crippen molar-refractivity contribution in [3.8, 4) is 17.1 Å². The van der Waals surface area contributed by atoms with Gasteiger partial charge in [-0.1, -0.05) is 54.6 Å². The van der Waals surface area contributed by atoms with E-state index < -0.39 is 0 Å². The zero-order valence-electron chi connectivity index (χ0n) is 15.5. The van der Waals surface area contributed by atoms with Crippen molar-refractivity contribution in [2.75, 3.05) is 5.43 Å². The molecule has 0 aliphatic heterocycles. The number of aromatic nitrogens is 3. The lowest BCUT2D eigenvalue weighted by Crippen LogP contribution is -2.16. The molecule has 0 bridgehead atoms. The highest BCUT2D eigenvalue weighted by Crippen LogP contribution is 2.18. The van der Waals surface area contributed by atoms with Crippen LogP contribution in [0.1, 0.15) is 11.1 Å². The van der Waals surface area contributed by atoms with Gasteiger partial charge in [-0.3, -0.25) is 0 Å². The maximum absolute atomic E-state index is 13.0. The molecule has 0 aliphatic carbocycles. The van der Waals surface area contributed by atoms with Gasteiger partial charge >= 0.3 is 0 Å². The van der Waals surface area contributed by atoms with Gasteiger partial charge in [-0.05, 0) is 47.6 Å². The van der Waals surface area contributed by atoms with E-state index in [0.717, 1.165) is 28.3 Å². The van der Waals surface area contributed by atoms with Gasteiger partial charge in [0, 0.05) is 5.56 Å². The minimum atomic E-state index is -0.255. The van der Waals surface area contributed by atoms with Crippen LogP contribution in [0.25, 0.3) is 11.4 Å². The van der Waals surface area contributed by atoms with Crippen LogP contribution in [0.4, 0.5) is 4.39 Å². The molecule has 0 saturated heterocycles. The van der Waals surface area contributed by atoms with Crippen LogP contribution in [-0.4, -0.2) is 14.9 Å². The molecule has 0 saturated carbocycles. The molecular formula is C22H19FN4OS. The number of benzene rings is 3. The van der Waals surface area contributed by atoms with Gasteiger partial charge in [-0.25, -0.2) is 14.2 Å². The van der Waals surface area contributed by atoms with Crippen LogP contribution in [0.5, 0.6) is 5.75 Å². The Bertz CT molecular complexity index is 1140. The SMILES string of the molecule is Fc1ccc(COc2cccc(CNn3c(-c4ccccc4)n[nH]c3=S)c2)cc1. The molecule has 0 amide bonds. The summed E-state index contributed by atoms with van der Waals surface area (Å²) in [5.41, 5.74) is 6.21. The third-order valence-electron chi connectivity index (χ3n) is 4.36. The van der Waals surface area contributed by atoms with E-state index in [1.807, 2.05) is 54.6 Å². The number of hydrogen-bond donors (Lipinski definition) is 2. The molecule has 1 aromatic heterocycles. The number of halogens is 1. The second kappa shape index (κ2) is 8.70. The molecule has 146 valence electrons. The fraction of sp³-hybridized carbons (Fsp3) is 0.0909. The molecule has 4 aromatic rings. The van der Waals surface area contributed by atoms with Crippen LogP contribution in [0.3, 0.4) is 0 Å². The summed E-state index contributed by atoms with van der Waals surface area (Å²) in [6.07, 6.45) is 0. The molecule has 0 unspecified atom stereocenters. The Hall–Kier alpha value is -3.45. The van der Waals surface area contributed by atoms with Crippen LogP contribution in [0.2, 0.25) is 0 Å². The Labute approximate surface area is 172 Å². The number of ether oxygens (including phenoxy) is 1. The minimum absolute atomic E-state index is 0.255. The maximum Gasteiger partial charge on any atom is 0.214 e. The highest BCUT2D eigenvalue weighted by atomic mass is 32.1. The van der Waals surface area contributed by atoms with Crippen LogP contribution < -0.4 is 10.2 Å². The number of nitrogens with zero attached hydrogens (tertiary/aromatic N) is 2. The van der Waals surface area contributed by atoms with Crippen molar-refractivity contribution in [2.24, 2.45) is 0 Å². The average Bonchev–Trinajstić information content (AvgIpc) is 3.13. The van der Waals surface area contributed by atoms with E-state index in [0.29, 0.717) is 17.9 Å². The van der Waals surface area contributed by atoms with Crippen molar-refractivity contribution >= 4 is 12.2 Å². The van der Waals surface area contributed by atoms with Crippen molar-refractivity contribution in [2.45, 2.75) is 13.2 Å². The van der Waals surface area contributed by atoms with E-state index >= 15 is 0 Å². The first-order chi connectivity index (χ1) is 14.2. The van der Waals surface area contributed by atoms with Crippen molar-refractivity contribution in [1.29, 1.82) is 0 Å². The average molecular weight is 406 g/mol. The summed E-state index contributed by atoms with van der Waals surface area (Å²) in [5.74, 6) is 1.21. The molecule has 0 spiro atoms. The standard InChI is InChI=1S/C22H19FN4OS/c23-19-11-9-16(10-12-19)15-28-20-8-4-5-17(13-20)14-24-27-21(25-26-22(27)29)18-6-2-1-3-7-18/h1-13,24H,14-15H2,(H,26,29). The van der Waals surface area contributed by atoms with Crippen molar-refractivity contribution in [3.05, 3.63) is 101 Å². The Morgan fingerprint density at radius 3 is 2.55 bits per heavy atom.